The lowest BCUT2D eigenvalue weighted by molar-refractivity contribution is -0.177. The van der Waals surface area contributed by atoms with Crippen LogP contribution in [-0.2, 0) is 19.0 Å². The van der Waals surface area contributed by atoms with E-state index in [9.17, 15) is 9.59 Å². The highest BCUT2D eigenvalue weighted by atomic mass is 16.8. The molecule has 0 fully saturated rings. The summed E-state index contributed by atoms with van der Waals surface area (Å²) in [5, 5.41) is 0. The van der Waals surface area contributed by atoms with Crippen molar-refractivity contribution in [3.05, 3.63) is 0 Å². The van der Waals surface area contributed by atoms with Crippen LogP contribution in [0.5, 0.6) is 0 Å². The number of ether oxygens (including phenoxy) is 3. The van der Waals surface area contributed by atoms with Gasteiger partial charge in [0.25, 0.3) is 6.29 Å². The fourth-order valence-electron chi connectivity index (χ4n) is 0.775. The minimum atomic E-state index is -0.895. The maximum absolute atomic E-state index is 11.1. The summed E-state index contributed by atoms with van der Waals surface area (Å²) in [4.78, 5) is 21.8. The van der Waals surface area contributed by atoms with Gasteiger partial charge in [-0.25, -0.2) is 4.79 Å². The molecule has 0 heterocycles. The van der Waals surface area contributed by atoms with Crippen molar-refractivity contribution in [2.75, 3.05) is 0 Å². The zero-order valence-electron chi connectivity index (χ0n) is 9.77. The lowest BCUT2D eigenvalue weighted by Crippen LogP contribution is -2.29. The Morgan fingerprint density at radius 3 is 1.80 bits per heavy atom. The molecule has 0 saturated carbocycles. The summed E-state index contributed by atoms with van der Waals surface area (Å²) >= 11 is 0. The summed E-state index contributed by atoms with van der Waals surface area (Å²) in [6, 6.07) is 0. The van der Waals surface area contributed by atoms with Crippen molar-refractivity contribution in [3.8, 4) is 0 Å². The molecular weight excluding hydrogens is 200 g/mol. The van der Waals surface area contributed by atoms with E-state index in [1.165, 1.54) is 6.92 Å². The van der Waals surface area contributed by atoms with E-state index in [0.29, 0.717) is 0 Å². The highest BCUT2D eigenvalue weighted by molar-refractivity contribution is 5.66. The third-order valence-electron chi connectivity index (χ3n) is 1.37. The topological polar surface area (TPSA) is 61.8 Å². The quantitative estimate of drug-likeness (QED) is 0.534. The highest BCUT2D eigenvalue weighted by Gasteiger charge is 2.22. The maximum atomic E-state index is 11.1. The number of carbonyl (C=O) groups is 2. The van der Waals surface area contributed by atoms with E-state index in [4.69, 9.17) is 14.2 Å². The predicted octanol–water partition coefficient (Wildman–Crippen LogP) is 2.09. The summed E-state index contributed by atoms with van der Waals surface area (Å²) < 4.78 is 14.4. The zero-order valence-corrected chi connectivity index (χ0v) is 9.77. The van der Waals surface area contributed by atoms with E-state index in [2.05, 4.69) is 0 Å². The number of esters is 1. The van der Waals surface area contributed by atoms with Gasteiger partial charge in [0, 0.05) is 12.8 Å². The normalized spacial score (nSPS) is 12.5. The molecule has 1 atom stereocenters. The van der Waals surface area contributed by atoms with Crippen LogP contribution in [0.3, 0.4) is 0 Å². The molecule has 0 rings (SSSR count). The SMILES string of the molecule is CC(=O)O[C@@H](OC(=O)OC(C)C)C(C)C. The monoisotopic (exact) mass is 218 g/mol. The number of hydrogen-bond donors (Lipinski definition) is 0. The van der Waals surface area contributed by atoms with Crippen LogP contribution >= 0.6 is 0 Å². The average molecular weight is 218 g/mol. The van der Waals surface area contributed by atoms with Gasteiger partial charge in [0.1, 0.15) is 0 Å². The smallest absolute Gasteiger partial charge is 0.431 e. The van der Waals surface area contributed by atoms with Crippen molar-refractivity contribution in [3.63, 3.8) is 0 Å². The molecule has 0 radical (unpaired) electrons. The first-order valence-corrected chi connectivity index (χ1v) is 4.87. The van der Waals surface area contributed by atoms with Crippen LogP contribution in [0.2, 0.25) is 0 Å². The van der Waals surface area contributed by atoms with Crippen LogP contribution in [0.25, 0.3) is 0 Å². The number of rotatable bonds is 4. The van der Waals surface area contributed by atoms with Crippen molar-refractivity contribution < 1.29 is 23.8 Å². The first kappa shape index (κ1) is 13.7. The summed E-state index contributed by atoms with van der Waals surface area (Å²) in [7, 11) is 0. The predicted molar refractivity (Wildman–Crippen MR) is 53.1 cm³/mol. The van der Waals surface area contributed by atoms with Crippen LogP contribution in [-0.4, -0.2) is 24.5 Å². The zero-order chi connectivity index (χ0) is 12.0. The van der Waals surface area contributed by atoms with E-state index in [1.807, 2.05) is 0 Å². The van der Waals surface area contributed by atoms with E-state index >= 15 is 0 Å². The lowest BCUT2D eigenvalue weighted by Gasteiger charge is -2.20. The van der Waals surface area contributed by atoms with Gasteiger partial charge in [-0.15, -0.1) is 0 Å². The van der Waals surface area contributed by atoms with Gasteiger partial charge in [-0.05, 0) is 13.8 Å². The molecule has 0 bridgehead atoms. The molecule has 5 heteroatoms. The summed E-state index contributed by atoms with van der Waals surface area (Å²) in [5.41, 5.74) is 0. The molecule has 88 valence electrons. The van der Waals surface area contributed by atoms with Gasteiger partial charge >= 0.3 is 12.1 Å². The van der Waals surface area contributed by atoms with Crippen molar-refractivity contribution in [1.82, 2.24) is 0 Å². The van der Waals surface area contributed by atoms with Gasteiger partial charge in [-0.3, -0.25) is 4.79 Å². The molecule has 0 aliphatic carbocycles. The molecule has 0 unspecified atom stereocenters. The molecular formula is C10H18O5. The first-order valence-electron chi connectivity index (χ1n) is 4.87. The van der Waals surface area contributed by atoms with Crippen LogP contribution in [0.1, 0.15) is 34.6 Å². The Kier molecular flexibility index (Phi) is 5.74. The van der Waals surface area contributed by atoms with Crippen molar-refractivity contribution in [1.29, 1.82) is 0 Å². The van der Waals surface area contributed by atoms with Crippen molar-refractivity contribution in [2.24, 2.45) is 5.92 Å². The van der Waals surface area contributed by atoms with Crippen LogP contribution in [0, 0.1) is 5.92 Å². The molecule has 0 aromatic heterocycles. The van der Waals surface area contributed by atoms with Gasteiger partial charge in [0.05, 0.1) is 6.10 Å². The maximum Gasteiger partial charge on any atom is 0.511 e. The number of hydrogen-bond acceptors (Lipinski definition) is 5. The van der Waals surface area contributed by atoms with Gasteiger partial charge in [-0.2, -0.15) is 0 Å². The van der Waals surface area contributed by atoms with Gasteiger partial charge in [-0.1, -0.05) is 13.8 Å². The summed E-state index contributed by atoms with van der Waals surface area (Å²) in [6.07, 6.45) is -1.98. The Labute approximate surface area is 89.7 Å². The second kappa shape index (κ2) is 6.27. The largest absolute Gasteiger partial charge is 0.511 e. The molecule has 0 aromatic carbocycles. The first-order chi connectivity index (χ1) is 6.82. The fraction of sp³-hybridized carbons (Fsp3) is 0.800. The Bertz CT molecular complexity index is 222. The minimum absolute atomic E-state index is 0.117. The molecule has 0 amide bonds. The Hall–Kier alpha value is -1.26. The number of carbonyl (C=O) groups excluding carboxylic acids is 2. The molecule has 0 aliphatic rings. The van der Waals surface area contributed by atoms with E-state index in [0.717, 1.165) is 0 Å². The van der Waals surface area contributed by atoms with Gasteiger partial charge < -0.3 is 14.2 Å². The molecule has 0 N–H and O–H groups in total. The van der Waals surface area contributed by atoms with Crippen LogP contribution in [0.15, 0.2) is 0 Å². The fourth-order valence-corrected chi connectivity index (χ4v) is 0.775. The van der Waals surface area contributed by atoms with Gasteiger partial charge in [0.2, 0.25) is 0 Å². The second-order valence-electron chi connectivity index (χ2n) is 3.76. The van der Waals surface area contributed by atoms with Crippen LogP contribution < -0.4 is 0 Å². The second-order valence-corrected chi connectivity index (χ2v) is 3.76. The Balaban J connectivity index is 4.16. The molecule has 15 heavy (non-hydrogen) atoms. The molecule has 5 nitrogen and oxygen atoms in total. The van der Waals surface area contributed by atoms with Gasteiger partial charge in [0.15, 0.2) is 0 Å². The third-order valence-corrected chi connectivity index (χ3v) is 1.37. The van der Waals surface area contributed by atoms with E-state index < -0.39 is 18.4 Å². The highest BCUT2D eigenvalue weighted by Crippen LogP contribution is 2.10. The van der Waals surface area contributed by atoms with E-state index in [1.54, 1.807) is 27.7 Å². The Morgan fingerprint density at radius 2 is 1.47 bits per heavy atom. The molecule has 0 spiro atoms. The third kappa shape index (κ3) is 6.76. The van der Waals surface area contributed by atoms with Crippen molar-refractivity contribution in [2.45, 2.75) is 47.0 Å². The summed E-state index contributed by atoms with van der Waals surface area (Å²) in [5.74, 6) is -0.611. The average Bonchev–Trinajstić information content (AvgIpc) is 1.99. The molecule has 0 aliphatic heterocycles. The van der Waals surface area contributed by atoms with Crippen LogP contribution in [0.4, 0.5) is 4.79 Å². The standard InChI is InChI=1S/C10H18O5/c1-6(2)9(14-8(5)11)15-10(12)13-7(3)4/h6-7,9H,1-5H3/t9-/m0/s1. The van der Waals surface area contributed by atoms with E-state index in [-0.39, 0.29) is 12.0 Å². The Morgan fingerprint density at radius 1 is 0.933 bits per heavy atom. The minimum Gasteiger partial charge on any atom is -0.431 e. The lowest BCUT2D eigenvalue weighted by atomic mass is 10.2. The van der Waals surface area contributed by atoms with Crippen molar-refractivity contribution >= 4 is 12.1 Å². The summed E-state index contributed by atoms with van der Waals surface area (Å²) in [6.45, 7) is 8.22. The molecule has 0 saturated heterocycles. The molecule has 0 aromatic rings.